The summed E-state index contributed by atoms with van der Waals surface area (Å²) in [6.07, 6.45) is 0. The molecule has 120 valence electrons. The predicted molar refractivity (Wildman–Crippen MR) is 94.1 cm³/mol. The van der Waals surface area contributed by atoms with E-state index in [0.717, 1.165) is 39.1 Å². The van der Waals surface area contributed by atoms with Gasteiger partial charge in [-0.05, 0) is 51.0 Å². The maximum absolute atomic E-state index is 12.3. The number of aryl methyl sites for hydroxylation is 4. The third-order valence-electron chi connectivity index (χ3n) is 4.35. The molecule has 0 aliphatic carbocycles. The Balaban J connectivity index is 1.97. The Morgan fingerprint density at radius 3 is 2.57 bits per heavy atom. The summed E-state index contributed by atoms with van der Waals surface area (Å²) in [7, 11) is 1.92. The lowest BCUT2D eigenvalue weighted by atomic mass is 10.0. The van der Waals surface area contributed by atoms with Gasteiger partial charge in [-0.25, -0.2) is 0 Å². The fourth-order valence-electron chi connectivity index (χ4n) is 3.06. The van der Waals surface area contributed by atoms with Gasteiger partial charge in [0.25, 0.3) is 5.56 Å². The fraction of sp³-hybridized carbons (Fsp3) is 0.333. The molecule has 0 unspecified atom stereocenters. The summed E-state index contributed by atoms with van der Waals surface area (Å²) >= 11 is 0. The molecule has 2 aromatic heterocycles. The second-order valence-corrected chi connectivity index (χ2v) is 6.19. The number of aromatic amines is 1. The fourth-order valence-corrected chi connectivity index (χ4v) is 3.06. The molecule has 23 heavy (non-hydrogen) atoms. The summed E-state index contributed by atoms with van der Waals surface area (Å²) in [6, 6.07) is 6.13. The van der Waals surface area contributed by atoms with Crippen LogP contribution in [-0.2, 0) is 13.6 Å². The van der Waals surface area contributed by atoms with Crippen LogP contribution in [0, 0.1) is 27.7 Å². The third kappa shape index (κ3) is 2.74. The van der Waals surface area contributed by atoms with Gasteiger partial charge in [-0.1, -0.05) is 6.07 Å². The highest BCUT2D eigenvalue weighted by Crippen LogP contribution is 2.21. The van der Waals surface area contributed by atoms with Crippen molar-refractivity contribution in [3.8, 4) is 0 Å². The highest BCUT2D eigenvalue weighted by molar-refractivity contribution is 5.83. The largest absolute Gasteiger partial charge is 0.378 e. The zero-order chi connectivity index (χ0) is 16.7. The number of rotatable bonds is 3. The smallest absolute Gasteiger partial charge is 0.253 e. The van der Waals surface area contributed by atoms with E-state index in [4.69, 9.17) is 0 Å². The molecule has 0 atom stereocenters. The lowest BCUT2D eigenvalue weighted by molar-refractivity contribution is 0.731. The Kier molecular flexibility index (Phi) is 3.72. The van der Waals surface area contributed by atoms with E-state index in [-0.39, 0.29) is 5.56 Å². The van der Waals surface area contributed by atoms with E-state index >= 15 is 0 Å². The highest BCUT2D eigenvalue weighted by atomic mass is 16.1. The van der Waals surface area contributed by atoms with Gasteiger partial charge in [0.2, 0.25) is 0 Å². The van der Waals surface area contributed by atoms with E-state index < -0.39 is 0 Å². The van der Waals surface area contributed by atoms with Crippen LogP contribution in [0.15, 0.2) is 23.0 Å². The Hall–Kier alpha value is -2.56. The van der Waals surface area contributed by atoms with E-state index in [1.54, 1.807) is 0 Å². The van der Waals surface area contributed by atoms with Crippen molar-refractivity contribution in [2.24, 2.45) is 7.05 Å². The minimum absolute atomic E-state index is 0.0470. The van der Waals surface area contributed by atoms with E-state index in [1.807, 2.05) is 44.6 Å². The number of hydrogen-bond donors (Lipinski definition) is 2. The molecule has 0 spiro atoms. The van der Waals surface area contributed by atoms with Gasteiger partial charge >= 0.3 is 0 Å². The first-order valence-corrected chi connectivity index (χ1v) is 7.74. The summed E-state index contributed by atoms with van der Waals surface area (Å²) in [5.74, 6) is 0. The van der Waals surface area contributed by atoms with E-state index in [2.05, 4.69) is 28.4 Å². The van der Waals surface area contributed by atoms with E-state index in [0.29, 0.717) is 6.54 Å². The average Bonchev–Trinajstić information content (AvgIpc) is 2.70. The Labute approximate surface area is 135 Å². The van der Waals surface area contributed by atoms with Gasteiger partial charge in [0, 0.05) is 30.1 Å². The molecule has 5 heteroatoms. The van der Waals surface area contributed by atoms with Crippen LogP contribution in [0.3, 0.4) is 0 Å². The van der Waals surface area contributed by atoms with Crippen LogP contribution >= 0.6 is 0 Å². The molecule has 3 rings (SSSR count). The van der Waals surface area contributed by atoms with E-state index in [1.165, 1.54) is 5.56 Å². The molecule has 3 aromatic rings. The zero-order valence-electron chi connectivity index (χ0n) is 14.2. The second kappa shape index (κ2) is 5.57. The maximum Gasteiger partial charge on any atom is 0.253 e. The number of anilines is 1. The maximum atomic E-state index is 12.3. The standard InChI is InChI=1S/C18H22N4O/c1-10-6-11(2)15-8-14(18(23)20-16(15)7-10)9-19-17-12(3)21-22(5)13(17)4/h6-8,19H,9H2,1-5H3,(H,20,23). The minimum atomic E-state index is -0.0470. The van der Waals surface area contributed by atoms with Crippen LogP contribution < -0.4 is 10.9 Å². The molecule has 0 aliphatic rings. The molecule has 0 amide bonds. The number of nitrogens with zero attached hydrogens (tertiary/aromatic N) is 2. The summed E-state index contributed by atoms with van der Waals surface area (Å²) in [4.78, 5) is 15.3. The molecule has 0 aliphatic heterocycles. The first-order valence-electron chi connectivity index (χ1n) is 7.74. The average molecular weight is 310 g/mol. The molecule has 2 N–H and O–H groups in total. The molecule has 1 aromatic carbocycles. The van der Waals surface area contributed by atoms with Gasteiger partial charge in [0.15, 0.2) is 0 Å². The topological polar surface area (TPSA) is 62.7 Å². The normalized spacial score (nSPS) is 11.2. The number of pyridine rings is 1. The molecule has 0 fully saturated rings. The first-order chi connectivity index (χ1) is 10.9. The Morgan fingerprint density at radius 1 is 1.17 bits per heavy atom. The van der Waals surface area contributed by atoms with Crippen molar-refractivity contribution in [3.63, 3.8) is 0 Å². The summed E-state index contributed by atoms with van der Waals surface area (Å²) in [6.45, 7) is 8.56. The molecule has 0 saturated heterocycles. The Bertz CT molecular complexity index is 950. The lowest BCUT2D eigenvalue weighted by Crippen LogP contribution is -2.16. The lowest BCUT2D eigenvalue weighted by Gasteiger charge is -2.09. The number of hydrogen-bond acceptors (Lipinski definition) is 3. The minimum Gasteiger partial charge on any atom is -0.378 e. The van der Waals surface area contributed by atoms with Crippen molar-refractivity contribution in [3.05, 3.63) is 56.6 Å². The molecule has 0 saturated carbocycles. The van der Waals surface area contributed by atoms with Crippen molar-refractivity contribution in [2.45, 2.75) is 34.2 Å². The predicted octanol–water partition coefficient (Wildman–Crippen LogP) is 3.11. The van der Waals surface area contributed by atoms with Crippen LogP contribution in [0.1, 0.15) is 28.1 Å². The van der Waals surface area contributed by atoms with Gasteiger partial charge in [-0.3, -0.25) is 9.48 Å². The number of benzene rings is 1. The monoisotopic (exact) mass is 310 g/mol. The van der Waals surface area contributed by atoms with E-state index in [9.17, 15) is 4.79 Å². The molecule has 0 radical (unpaired) electrons. The molecular weight excluding hydrogens is 288 g/mol. The number of fused-ring (bicyclic) bond motifs is 1. The number of aromatic nitrogens is 3. The SMILES string of the molecule is Cc1cc(C)c2cc(CNc3c(C)nn(C)c3C)c(=O)[nH]c2c1. The zero-order valence-corrected chi connectivity index (χ0v) is 14.2. The molecule has 0 bridgehead atoms. The van der Waals surface area contributed by atoms with Crippen molar-refractivity contribution >= 4 is 16.6 Å². The van der Waals surface area contributed by atoms with Gasteiger partial charge in [-0.15, -0.1) is 0 Å². The third-order valence-corrected chi connectivity index (χ3v) is 4.35. The first kappa shape index (κ1) is 15.3. The van der Waals surface area contributed by atoms with Crippen LogP contribution in [0.2, 0.25) is 0 Å². The summed E-state index contributed by atoms with van der Waals surface area (Å²) in [5.41, 5.74) is 6.89. The summed E-state index contributed by atoms with van der Waals surface area (Å²) in [5, 5.41) is 8.83. The molecular formula is C18H22N4O. The second-order valence-electron chi connectivity index (χ2n) is 6.19. The summed E-state index contributed by atoms with van der Waals surface area (Å²) < 4.78 is 1.84. The highest BCUT2D eigenvalue weighted by Gasteiger charge is 2.11. The van der Waals surface area contributed by atoms with Crippen molar-refractivity contribution in [1.82, 2.24) is 14.8 Å². The van der Waals surface area contributed by atoms with Crippen molar-refractivity contribution < 1.29 is 0 Å². The van der Waals surface area contributed by atoms with Gasteiger partial charge in [-0.2, -0.15) is 5.10 Å². The van der Waals surface area contributed by atoms with Crippen LogP contribution in [0.4, 0.5) is 5.69 Å². The Morgan fingerprint density at radius 2 is 1.91 bits per heavy atom. The van der Waals surface area contributed by atoms with Gasteiger partial charge in [0.1, 0.15) is 0 Å². The molecule has 5 nitrogen and oxygen atoms in total. The van der Waals surface area contributed by atoms with Crippen molar-refractivity contribution in [2.75, 3.05) is 5.32 Å². The van der Waals surface area contributed by atoms with Crippen LogP contribution in [0.25, 0.3) is 10.9 Å². The van der Waals surface area contributed by atoms with Crippen LogP contribution in [-0.4, -0.2) is 14.8 Å². The number of nitrogens with one attached hydrogen (secondary N) is 2. The van der Waals surface area contributed by atoms with Gasteiger partial charge in [0.05, 0.1) is 17.1 Å². The van der Waals surface area contributed by atoms with Gasteiger partial charge < -0.3 is 10.3 Å². The van der Waals surface area contributed by atoms with Crippen LogP contribution in [0.5, 0.6) is 0 Å². The number of H-pyrrole nitrogens is 1. The van der Waals surface area contributed by atoms with Crippen molar-refractivity contribution in [1.29, 1.82) is 0 Å². The quantitative estimate of drug-likeness (QED) is 0.781. The molecule has 2 heterocycles.